The Morgan fingerprint density at radius 3 is 2.42 bits per heavy atom. The minimum atomic E-state index is -1.09. The number of rotatable bonds is 5. The fourth-order valence-electron chi connectivity index (χ4n) is 3.63. The van der Waals surface area contributed by atoms with Gasteiger partial charge in [-0.15, -0.1) is 0 Å². The van der Waals surface area contributed by atoms with Crippen LogP contribution in [0.5, 0.6) is 5.75 Å². The summed E-state index contributed by atoms with van der Waals surface area (Å²) in [6, 6.07) is 16.4. The first-order valence-corrected chi connectivity index (χ1v) is 9.58. The third-order valence-electron chi connectivity index (χ3n) is 5.16. The lowest BCUT2D eigenvalue weighted by Gasteiger charge is -2.25. The first-order valence-electron chi connectivity index (χ1n) is 9.58. The van der Waals surface area contributed by atoms with Crippen LogP contribution in [0.1, 0.15) is 22.9 Å². The number of likely N-dealkylation sites (tertiary alicyclic amines) is 1. The molecule has 0 aliphatic carbocycles. The number of methoxy groups -OCH3 is 1. The molecule has 1 atom stereocenters. The molecule has 1 aliphatic heterocycles. The zero-order valence-corrected chi connectivity index (χ0v) is 16.7. The van der Waals surface area contributed by atoms with Gasteiger partial charge in [-0.25, -0.2) is 4.39 Å². The van der Waals surface area contributed by atoms with Gasteiger partial charge in [-0.05, 0) is 42.5 Å². The van der Waals surface area contributed by atoms with E-state index < -0.39 is 23.5 Å². The molecule has 1 N–H and O–H groups in total. The highest BCUT2D eigenvalue weighted by Crippen LogP contribution is 2.41. The lowest BCUT2D eigenvalue weighted by Crippen LogP contribution is -2.30. The third-order valence-corrected chi connectivity index (χ3v) is 5.16. The SMILES string of the molecule is COc1ccc(/C(O)=C2/C(=O)C(=O)N(Cc3ccccn3)C2c2ccccc2F)cc1. The van der Waals surface area contributed by atoms with Gasteiger partial charge in [0.05, 0.1) is 31.0 Å². The van der Waals surface area contributed by atoms with E-state index in [1.165, 1.54) is 30.2 Å². The van der Waals surface area contributed by atoms with Crippen LogP contribution in [0.15, 0.2) is 78.5 Å². The Balaban J connectivity index is 1.86. The number of hydrogen-bond acceptors (Lipinski definition) is 5. The molecule has 6 nitrogen and oxygen atoms in total. The quantitative estimate of drug-likeness (QED) is 0.387. The van der Waals surface area contributed by atoms with Crippen LogP contribution in [0.25, 0.3) is 5.76 Å². The summed E-state index contributed by atoms with van der Waals surface area (Å²) in [4.78, 5) is 31.3. The predicted octanol–water partition coefficient (Wildman–Crippen LogP) is 3.85. The van der Waals surface area contributed by atoms with Crippen molar-refractivity contribution in [3.8, 4) is 5.75 Å². The molecule has 0 spiro atoms. The van der Waals surface area contributed by atoms with Crippen molar-refractivity contribution in [1.29, 1.82) is 0 Å². The van der Waals surface area contributed by atoms with Crippen molar-refractivity contribution in [1.82, 2.24) is 9.88 Å². The van der Waals surface area contributed by atoms with Gasteiger partial charge in [0.2, 0.25) is 0 Å². The van der Waals surface area contributed by atoms with E-state index >= 15 is 0 Å². The van der Waals surface area contributed by atoms with Crippen LogP contribution in [0.2, 0.25) is 0 Å². The molecule has 2 heterocycles. The molecule has 1 aliphatic rings. The van der Waals surface area contributed by atoms with E-state index in [1.54, 1.807) is 54.7 Å². The average Bonchev–Trinajstić information content (AvgIpc) is 3.04. The van der Waals surface area contributed by atoms with Gasteiger partial charge in [-0.1, -0.05) is 24.3 Å². The first-order chi connectivity index (χ1) is 15.0. The van der Waals surface area contributed by atoms with Crippen LogP contribution in [0, 0.1) is 5.82 Å². The van der Waals surface area contributed by atoms with Gasteiger partial charge in [-0.2, -0.15) is 0 Å². The molecule has 31 heavy (non-hydrogen) atoms. The van der Waals surface area contributed by atoms with Crippen molar-refractivity contribution < 1.29 is 23.8 Å². The van der Waals surface area contributed by atoms with Crippen molar-refractivity contribution in [2.75, 3.05) is 7.11 Å². The van der Waals surface area contributed by atoms with E-state index in [1.807, 2.05) is 0 Å². The minimum Gasteiger partial charge on any atom is -0.507 e. The summed E-state index contributed by atoms with van der Waals surface area (Å²) in [5, 5.41) is 11.0. The largest absolute Gasteiger partial charge is 0.507 e. The molecular formula is C24H19FN2O4. The number of nitrogens with zero attached hydrogens (tertiary/aromatic N) is 2. The van der Waals surface area contributed by atoms with Gasteiger partial charge in [0, 0.05) is 17.3 Å². The first kappa shape index (κ1) is 20.3. The van der Waals surface area contributed by atoms with Crippen molar-refractivity contribution in [3.63, 3.8) is 0 Å². The summed E-state index contributed by atoms with van der Waals surface area (Å²) in [6.45, 7) is -0.0101. The topological polar surface area (TPSA) is 79.7 Å². The number of aliphatic hydroxyl groups excluding tert-OH is 1. The molecule has 1 aromatic heterocycles. The number of halogens is 1. The molecule has 2 aromatic carbocycles. The molecule has 7 heteroatoms. The molecule has 156 valence electrons. The van der Waals surface area contributed by atoms with Crippen LogP contribution in [0.4, 0.5) is 4.39 Å². The highest BCUT2D eigenvalue weighted by atomic mass is 19.1. The molecule has 0 bridgehead atoms. The third kappa shape index (κ3) is 3.77. The number of ether oxygens (including phenoxy) is 1. The van der Waals surface area contributed by atoms with Crippen LogP contribution >= 0.6 is 0 Å². The number of carbonyl (C=O) groups excluding carboxylic acids is 2. The number of Topliss-reactive ketones (excluding diaryl/α,β-unsaturated/α-hetero) is 1. The normalized spacial score (nSPS) is 17.7. The lowest BCUT2D eigenvalue weighted by molar-refractivity contribution is -0.140. The van der Waals surface area contributed by atoms with Crippen LogP contribution in [-0.2, 0) is 16.1 Å². The maximum absolute atomic E-state index is 14.8. The number of carbonyl (C=O) groups is 2. The summed E-state index contributed by atoms with van der Waals surface area (Å²) >= 11 is 0. The molecule has 1 amide bonds. The maximum Gasteiger partial charge on any atom is 0.296 e. The molecule has 4 rings (SSSR count). The Kier molecular flexibility index (Phi) is 5.49. The van der Waals surface area contributed by atoms with Crippen molar-refractivity contribution >= 4 is 17.4 Å². The monoisotopic (exact) mass is 418 g/mol. The molecule has 1 unspecified atom stereocenters. The van der Waals surface area contributed by atoms with E-state index in [4.69, 9.17) is 4.74 Å². The van der Waals surface area contributed by atoms with Gasteiger partial charge in [0.25, 0.3) is 11.7 Å². The Hall–Kier alpha value is -4.00. The van der Waals surface area contributed by atoms with E-state index in [0.717, 1.165) is 0 Å². The Bertz CT molecular complexity index is 1160. The summed E-state index contributed by atoms with van der Waals surface area (Å²) in [7, 11) is 1.51. The summed E-state index contributed by atoms with van der Waals surface area (Å²) in [5.74, 6) is -2.09. The standard InChI is InChI=1S/C24H19FN2O4/c1-31-17-11-9-15(10-12-17)22(28)20-21(18-7-2-3-8-19(18)25)27(24(30)23(20)29)14-16-6-4-5-13-26-16/h2-13,21,28H,14H2,1H3/b22-20-. The number of aromatic nitrogens is 1. The highest BCUT2D eigenvalue weighted by Gasteiger charge is 2.47. The summed E-state index contributed by atoms with van der Waals surface area (Å²) < 4.78 is 19.9. The number of benzene rings is 2. The van der Waals surface area contributed by atoms with Crippen LogP contribution < -0.4 is 4.74 Å². The van der Waals surface area contributed by atoms with Crippen molar-refractivity contribution in [2.45, 2.75) is 12.6 Å². The van der Waals surface area contributed by atoms with Gasteiger partial charge < -0.3 is 14.7 Å². The summed E-state index contributed by atoms with van der Waals surface area (Å²) in [5.41, 5.74) is 0.803. The Labute approximate surface area is 178 Å². The predicted molar refractivity (Wildman–Crippen MR) is 111 cm³/mol. The summed E-state index contributed by atoms with van der Waals surface area (Å²) in [6.07, 6.45) is 1.57. The van der Waals surface area contributed by atoms with Crippen LogP contribution in [0.3, 0.4) is 0 Å². The lowest BCUT2D eigenvalue weighted by atomic mass is 9.95. The average molecular weight is 418 g/mol. The molecule has 1 saturated heterocycles. The fourth-order valence-corrected chi connectivity index (χ4v) is 3.63. The van der Waals surface area contributed by atoms with Gasteiger partial charge in [0.15, 0.2) is 0 Å². The number of hydrogen-bond donors (Lipinski definition) is 1. The maximum atomic E-state index is 14.8. The number of pyridine rings is 1. The highest BCUT2D eigenvalue weighted by molar-refractivity contribution is 6.46. The second-order valence-corrected chi connectivity index (χ2v) is 7.00. The van der Waals surface area contributed by atoms with Gasteiger partial charge in [0.1, 0.15) is 17.3 Å². The minimum absolute atomic E-state index is 0.0101. The second-order valence-electron chi connectivity index (χ2n) is 7.00. The molecule has 1 fully saturated rings. The second kappa shape index (κ2) is 8.39. The number of ketones is 1. The zero-order chi connectivity index (χ0) is 22.0. The van der Waals surface area contributed by atoms with E-state index in [2.05, 4.69) is 4.98 Å². The Morgan fingerprint density at radius 2 is 1.77 bits per heavy atom. The number of aliphatic hydroxyl groups is 1. The fraction of sp³-hybridized carbons (Fsp3) is 0.125. The molecule has 0 saturated carbocycles. The van der Waals surface area contributed by atoms with Crippen LogP contribution in [-0.4, -0.2) is 33.8 Å². The molecule has 3 aromatic rings. The molecular weight excluding hydrogens is 399 g/mol. The van der Waals surface area contributed by atoms with Gasteiger partial charge in [-0.3, -0.25) is 14.6 Å². The van der Waals surface area contributed by atoms with E-state index in [-0.39, 0.29) is 23.4 Å². The molecule has 0 radical (unpaired) electrons. The van der Waals surface area contributed by atoms with Crippen molar-refractivity contribution in [3.05, 3.63) is 101 Å². The van der Waals surface area contributed by atoms with E-state index in [9.17, 15) is 19.1 Å². The Morgan fingerprint density at radius 1 is 1.06 bits per heavy atom. The number of amides is 1. The van der Waals surface area contributed by atoms with Gasteiger partial charge >= 0.3 is 0 Å². The van der Waals surface area contributed by atoms with E-state index in [0.29, 0.717) is 17.0 Å². The smallest absolute Gasteiger partial charge is 0.296 e. The van der Waals surface area contributed by atoms with Crippen molar-refractivity contribution in [2.24, 2.45) is 0 Å². The zero-order valence-electron chi connectivity index (χ0n) is 16.7.